The first-order valence-corrected chi connectivity index (χ1v) is 11.0. The van der Waals surface area contributed by atoms with Gasteiger partial charge in [0.25, 0.3) is 0 Å². The monoisotopic (exact) mass is 454 g/mol. The number of hydrogen-bond acceptors (Lipinski definition) is 4. The lowest BCUT2D eigenvalue weighted by atomic mass is 9.97. The largest absolute Gasteiger partial charge is 0.494 e. The van der Waals surface area contributed by atoms with Gasteiger partial charge in [0.2, 0.25) is 0 Å². The average molecular weight is 455 g/mol. The molecule has 0 spiro atoms. The first kappa shape index (κ1) is 20.8. The van der Waals surface area contributed by atoms with Gasteiger partial charge < -0.3 is 4.74 Å². The van der Waals surface area contributed by atoms with Gasteiger partial charge in [0.05, 0.1) is 18.7 Å². The fourth-order valence-corrected chi connectivity index (χ4v) is 4.48. The molecule has 8 heteroatoms. The molecule has 0 bridgehead atoms. The number of aromatic nitrogens is 4. The van der Waals surface area contributed by atoms with Crippen molar-refractivity contribution in [2.24, 2.45) is 0 Å². The molecule has 0 radical (unpaired) electrons. The van der Waals surface area contributed by atoms with Crippen LogP contribution in [0.25, 0.3) is 22.4 Å². The molecule has 32 heavy (non-hydrogen) atoms. The van der Waals surface area contributed by atoms with Crippen LogP contribution in [0.5, 0.6) is 5.75 Å². The average Bonchev–Trinajstić information content (AvgIpc) is 3.15. The van der Waals surface area contributed by atoms with Crippen LogP contribution in [0, 0.1) is 11.6 Å². The third kappa shape index (κ3) is 3.71. The van der Waals surface area contributed by atoms with Crippen molar-refractivity contribution in [3.63, 3.8) is 0 Å². The Morgan fingerprint density at radius 1 is 1.06 bits per heavy atom. The Bertz CT molecular complexity index is 1300. The maximum Gasteiger partial charge on any atom is 0.182 e. The molecule has 0 aliphatic heterocycles. The predicted molar refractivity (Wildman–Crippen MR) is 119 cm³/mol. The van der Waals surface area contributed by atoms with Crippen LogP contribution in [0.2, 0.25) is 5.15 Å². The lowest BCUT2D eigenvalue weighted by Crippen LogP contribution is -2.10. The number of rotatable bonds is 5. The summed E-state index contributed by atoms with van der Waals surface area (Å²) >= 11 is 6.47. The summed E-state index contributed by atoms with van der Waals surface area (Å²) in [6, 6.07) is 9.89. The Labute approximate surface area is 189 Å². The number of hydrogen-bond donors (Lipinski definition) is 0. The van der Waals surface area contributed by atoms with Crippen LogP contribution in [-0.2, 0) is 19.4 Å². The predicted octanol–water partition coefficient (Wildman–Crippen LogP) is 5.75. The molecule has 5 nitrogen and oxygen atoms in total. The van der Waals surface area contributed by atoms with E-state index < -0.39 is 11.6 Å². The molecule has 1 aliphatic rings. The van der Waals surface area contributed by atoms with Crippen molar-refractivity contribution < 1.29 is 13.5 Å². The second-order valence-corrected chi connectivity index (χ2v) is 8.15. The molecule has 5 rings (SSSR count). The summed E-state index contributed by atoms with van der Waals surface area (Å²) in [7, 11) is 0. The summed E-state index contributed by atoms with van der Waals surface area (Å²) in [6.07, 6.45) is 3.86. The van der Waals surface area contributed by atoms with E-state index >= 15 is 0 Å². The molecule has 0 fully saturated rings. The topological polar surface area (TPSA) is 52.8 Å². The van der Waals surface area contributed by atoms with Crippen LogP contribution in [0.4, 0.5) is 8.78 Å². The van der Waals surface area contributed by atoms with E-state index in [-0.39, 0.29) is 17.9 Å². The molecular weight excluding hydrogens is 434 g/mol. The minimum absolute atomic E-state index is 0.0801. The number of ether oxygens (including phenoxy) is 1. The summed E-state index contributed by atoms with van der Waals surface area (Å²) in [5, 5.41) is 5.90. The normalized spacial score (nSPS) is 13.4. The third-order valence-corrected chi connectivity index (χ3v) is 6.05. The second-order valence-electron chi connectivity index (χ2n) is 7.79. The number of para-hydroxylation sites is 1. The quantitative estimate of drug-likeness (QED) is 0.360. The standard InChI is InChI=1S/C24H21ClF2N4O/c1-2-32-14-11-18(26)17(19(27)12-14)13-31-21-10-6-4-8-16(21)22(30-31)24-28-20-9-5-3-7-15(20)23(25)29-24/h4,6,8,10-12H,2-3,5,7,9,13H2,1H3. The van der Waals surface area contributed by atoms with Gasteiger partial charge >= 0.3 is 0 Å². The molecule has 2 aromatic carbocycles. The van der Waals surface area contributed by atoms with Gasteiger partial charge in [-0.05, 0) is 38.7 Å². The van der Waals surface area contributed by atoms with E-state index in [1.165, 1.54) is 12.1 Å². The maximum absolute atomic E-state index is 14.7. The summed E-state index contributed by atoms with van der Waals surface area (Å²) in [6.45, 7) is 2.01. The number of fused-ring (bicyclic) bond motifs is 2. The Kier molecular flexibility index (Phi) is 5.51. The zero-order chi connectivity index (χ0) is 22.2. The smallest absolute Gasteiger partial charge is 0.182 e. The Hall–Kier alpha value is -3.06. The zero-order valence-electron chi connectivity index (χ0n) is 17.5. The highest BCUT2D eigenvalue weighted by atomic mass is 35.5. The number of nitrogens with zero attached hydrogens (tertiary/aromatic N) is 4. The van der Waals surface area contributed by atoms with E-state index in [2.05, 4.69) is 10.1 Å². The van der Waals surface area contributed by atoms with E-state index in [0.717, 1.165) is 47.8 Å². The van der Waals surface area contributed by atoms with Crippen molar-refractivity contribution in [3.05, 3.63) is 70.0 Å². The van der Waals surface area contributed by atoms with Crippen LogP contribution < -0.4 is 4.74 Å². The molecule has 164 valence electrons. The van der Waals surface area contributed by atoms with E-state index in [9.17, 15) is 8.78 Å². The van der Waals surface area contributed by atoms with Gasteiger partial charge in [0, 0.05) is 34.3 Å². The summed E-state index contributed by atoms with van der Waals surface area (Å²) in [5.74, 6) is -0.766. The van der Waals surface area contributed by atoms with E-state index in [4.69, 9.17) is 21.3 Å². The third-order valence-electron chi connectivity index (χ3n) is 5.74. The highest BCUT2D eigenvalue weighted by Gasteiger charge is 2.22. The first-order valence-electron chi connectivity index (χ1n) is 10.7. The molecule has 0 saturated carbocycles. The fraction of sp³-hybridized carbons (Fsp3) is 0.292. The van der Waals surface area contributed by atoms with Crippen molar-refractivity contribution in [2.75, 3.05) is 6.61 Å². The number of halogens is 3. The van der Waals surface area contributed by atoms with Crippen LogP contribution in [-0.4, -0.2) is 26.4 Å². The zero-order valence-corrected chi connectivity index (χ0v) is 18.3. The van der Waals surface area contributed by atoms with Gasteiger partial charge in [-0.1, -0.05) is 29.8 Å². The van der Waals surface area contributed by atoms with E-state index in [0.29, 0.717) is 23.3 Å². The maximum atomic E-state index is 14.7. The Balaban J connectivity index is 1.60. The Morgan fingerprint density at radius 3 is 2.59 bits per heavy atom. The van der Waals surface area contributed by atoms with Crippen LogP contribution in [0.1, 0.15) is 36.6 Å². The molecule has 4 aromatic rings. The highest BCUT2D eigenvalue weighted by molar-refractivity contribution is 6.30. The van der Waals surface area contributed by atoms with Gasteiger partial charge in [-0.15, -0.1) is 0 Å². The Morgan fingerprint density at radius 2 is 1.81 bits per heavy atom. The van der Waals surface area contributed by atoms with Gasteiger partial charge in [0.1, 0.15) is 28.2 Å². The van der Waals surface area contributed by atoms with Crippen LogP contribution >= 0.6 is 11.6 Å². The van der Waals surface area contributed by atoms with Gasteiger partial charge in [-0.25, -0.2) is 18.7 Å². The summed E-state index contributed by atoms with van der Waals surface area (Å²) in [4.78, 5) is 9.25. The van der Waals surface area contributed by atoms with Crippen LogP contribution in [0.15, 0.2) is 36.4 Å². The second kappa shape index (κ2) is 8.47. The molecule has 0 N–H and O–H groups in total. The van der Waals surface area contributed by atoms with Crippen molar-refractivity contribution >= 4 is 22.5 Å². The van der Waals surface area contributed by atoms with E-state index in [1.54, 1.807) is 11.6 Å². The number of benzene rings is 2. The fourth-order valence-electron chi connectivity index (χ4n) is 4.20. The molecular formula is C24H21ClF2N4O. The minimum atomic E-state index is -0.678. The molecule has 0 atom stereocenters. The lowest BCUT2D eigenvalue weighted by Gasteiger charge is -2.16. The van der Waals surface area contributed by atoms with Crippen molar-refractivity contribution in [1.29, 1.82) is 0 Å². The van der Waals surface area contributed by atoms with Gasteiger partial charge in [-0.2, -0.15) is 5.10 Å². The van der Waals surface area contributed by atoms with Gasteiger partial charge in [0.15, 0.2) is 5.82 Å². The number of aryl methyl sites for hydroxylation is 1. The van der Waals surface area contributed by atoms with Crippen LogP contribution in [0.3, 0.4) is 0 Å². The summed E-state index contributed by atoms with van der Waals surface area (Å²) in [5.41, 5.74) is 3.14. The lowest BCUT2D eigenvalue weighted by molar-refractivity contribution is 0.335. The molecule has 2 aromatic heterocycles. The van der Waals surface area contributed by atoms with Crippen molar-refractivity contribution in [2.45, 2.75) is 39.2 Å². The highest BCUT2D eigenvalue weighted by Crippen LogP contribution is 2.32. The molecule has 0 amide bonds. The minimum Gasteiger partial charge on any atom is -0.494 e. The first-order chi connectivity index (χ1) is 15.5. The van der Waals surface area contributed by atoms with Crippen molar-refractivity contribution in [1.82, 2.24) is 19.7 Å². The van der Waals surface area contributed by atoms with E-state index in [1.807, 2.05) is 24.3 Å². The molecule has 0 unspecified atom stereocenters. The van der Waals surface area contributed by atoms with Gasteiger partial charge in [-0.3, -0.25) is 4.68 Å². The molecule has 1 aliphatic carbocycles. The SMILES string of the molecule is CCOc1cc(F)c(Cn2nc(-c3nc(Cl)c4c(n3)CCCC4)c3ccccc32)c(F)c1. The molecule has 0 saturated heterocycles. The van der Waals surface area contributed by atoms with Crippen molar-refractivity contribution in [3.8, 4) is 17.3 Å². The molecule has 2 heterocycles. The summed E-state index contributed by atoms with van der Waals surface area (Å²) < 4.78 is 36.2.